The van der Waals surface area contributed by atoms with Crippen molar-refractivity contribution in [1.82, 2.24) is 19.7 Å². The summed E-state index contributed by atoms with van der Waals surface area (Å²) >= 11 is 0. The predicted molar refractivity (Wildman–Crippen MR) is 92.3 cm³/mol. The molecule has 1 fully saturated rings. The van der Waals surface area contributed by atoms with Crippen molar-refractivity contribution in [2.24, 2.45) is 0 Å². The summed E-state index contributed by atoms with van der Waals surface area (Å²) in [4.78, 5) is 19.0. The first-order valence-corrected chi connectivity index (χ1v) is 8.35. The molecule has 7 nitrogen and oxygen atoms in total. The van der Waals surface area contributed by atoms with Crippen molar-refractivity contribution in [2.75, 3.05) is 26.8 Å². The number of carbonyl (C=O) groups is 1. The average Bonchev–Trinajstić information content (AvgIpc) is 3.06. The molecule has 2 aromatic rings. The number of ether oxygens (including phenoxy) is 2. The summed E-state index contributed by atoms with van der Waals surface area (Å²) in [6.45, 7) is 6.04. The van der Waals surface area contributed by atoms with Gasteiger partial charge in [-0.25, -0.2) is 9.67 Å². The van der Waals surface area contributed by atoms with Crippen LogP contribution in [0.2, 0.25) is 0 Å². The Morgan fingerprint density at radius 2 is 2.20 bits per heavy atom. The van der Waals surface area contributed by atoms with Gasteiger partial charge in [0, 0.05) is 25.8 Å². The molecule has 2 heterocycles. The Bertz CT molecular complexity index is 715. The first-order valence-electron chi connectivity index (χ1n) is 8.35. The van der Waals surface area contributed by atoms with E-state index in [4.69, 9.17) is 9.47 Å². The quantitative estimate of drug-likeness (QED) is 0.824. The fourth-order valence-electron chi connectivity index (χ4n) is 3.25. The second kappa shape index (κ2) is 7.33. The number of methoxy groups -OCH3 is 1. The number of hydrogen-bond acceptors (Lipinski definition) is 5. The van der Waals surface area contributed by atoms with E-state index in [1.807, 2.05) is 43.0 Å². The van der Waals surface area contributed by atoms with Crippen molar-refractivity contribution in [3.63, 3.8) is 0 Å². The Balaban J connectivity index is 1.82. The Morgan fingerprint density at radius 1 is 1.40 bits per heavy atom. The number of nitrogens with zero attached hydrogens (tertiary/aromatic N) is 4. The van der Waals surface area contributed by atoms with Gasteiger partial charge in [-0.3, -0.25) is 4.79 Å². The molecule has 0 spiro atoms. The average molecular weight is 344 g/mol. The molecule has 1 atom stereocenters. The number of aromatic nitrogens is 3. The van der Waals surface area contributed by atoms with E-state index in [0.717, 1.165) is 5.56 Å². The Hall–Kier alpha value is -2.25. The molecule has 1 aromatic heterocycles. The zero-order valence-electron chi connectivity index (χ0n) is 14.9. The van der Waals surface area contributed by atoms with Crippen LogP contribution in [0, 0.1) is 0 Å². The summed E-state index contributed by atoms with van der Waals surface area (Å²) in [5, 5.41) is 4.13. The van der Waals surface area contributed by atoms with Gasteiger partial charge >= 0.3 is 0 Å². The molecule has 1 saturated heterocycles. The molecule has 1 aromatic carbocycles. The molecule has 1 amide bonds. The summed E-state index contributed by atoms with van der Waals surface area (Å²) in [7, 11) is 1.64. The minimum atomic E-state index is -0.405. The molecule has 0 radical (unpaired) electrons. The molecule has 0 saturated carbocycles. The Kier molecular flexibility index (Phi) is 5.15. The highest BCUT2D eigenvalue weighted by atomic mass is 16.5. The normalized spacial score (nSPS) is 19.8. The van der Waals surface area contributed by atoms with Crippen LogP contribution in [0.3, 0.4) is 0 Å². The van der Waals surface area contributed by atoms with Crippen LogP contribution in [0.15, 0.2) is 36.9 Å². The van der Waals surface area contributed by atoms with E-state index < -0.39 is 5.60 Å². The van der Waals surface area contributed by atoms with Crippen molar-refractivity contribution in [3.8, 4) is 0 Å². The van der Waals surface area contributed by atoms with Gasteiger partial charge in [0.05, 0.1) is 24.9 Å². The van der Waals surface area contributed by atoms with Crippen LogP contribution in [0.4, 0.5) is 0 Å². The maximum absolute atomic E-state index is 13.2. The topological polar surface area (TPSA) is 69.5 Å². The third kappa shape index (κ3) is 4.24. The molecule has 0 N–H and O–H groups in total. The second-order valence-electron chi connectivity index (χ2n) is 6.89. The minimum absolute atomic E-state index is 0.00759. The van der Waals surface area contributed by atoms with Gasteiger partial charge in [0.25, 0.3) is 5.91 Å². The second-order valence-corrected chi connectivity index (χ2v) is 6.89. The first-order chi connectivity index (χ1) is 12.0. The van der Waals surface area contributed by atoms with Crippen molar-refractivity contribution in [3.05, 3.63) is 48.0 Å². The molecule has 25 heavy (non-hydrogen) atoms. The monoisotopic (exact) mass is 344 g/mol. The Labute approximate surface area is 147 Å². The highest BCUT2D eigenvalue weighted by Gasteiger charge is 2.36. The van der Waals surface area contributed by atoms with Crippen LogP contribution >= 0.6 is 0 Å². The van der Waals surface area contributed by atoms with E-state index in [9.17, 15) is 4.79 Å². The fraction of sp³-hybridized carbons (Fsp3) is 0.500. The SMILES string of the molecule is COCC1CN(C(=O)c2ccccc2Cn2cncn2)CC(C)(C)O1. The summed E-state index contributed by atoms with van der Waals surface area (Å²) in [5.41, 5.74) is 1.20. The van der Waals surface area contributed by atoms with Crippen molar-refractivity contribution in [1.29, 1.82) is 0 Å². The fourth-order valence-corrected chi connectivity index (χ4v) is 3.25. The van der Waals surface area contributed by atoms with Crippen LogP contribution in [0.25, 0.3) is 0 Å². The largest absolute Gasteiger partial charge is 0.382 e. The van der Waals surface area contributed by atoms with Crippen molar-refractivity contribution < 1.29 is 14.3 Å². The van der Waals surface area contributed by atoms with Gasteiger partial charge in [-0.1, -0.05) is 18.2 Å². The molecular formula is C18H24N4O3. The minimum Gasteiger partial charge on any atom is -0.382 e. The van der Waals surface area contributed by atoms with Gasteiger partial charge < -0.3 is 14.4 Å². The molecule has 7 heteroatoms. The molecule has 1 unspecified atom stereocenters. The summed E-state index contributed by atoms with van der Waals surface area (Å²) in [5.74, 6) is 0.00759. The van der Waals surface area contributed by atoms with Gasteiger partial charge in [0.15, 0.2) is 0 Å². The third-order valence-electron chi connectivity index (χ3n) is 4.17. The van der Waals surface area contributed by atoms with Crippen molar-refractivity contribution in [2.45, 2.75) is 32.1 Å². The predicted octanol–water partition coefficient (Wildman–Crippen LogP) is 1.59. The lowest BCUT2D eigenvalue weighted by Gasteiger charge is -2.42. The Morgan fingerprint density at radius 3 is 2.92 bits per heavy atom. The lowest BCUT2D eigenvalue weighted by atomic mass is 10.0. The number of hydrogen-bond donors (Lipinski definition) is 0. The molecular weight excluding hydrogens is 320 g/mol. The molecule has 134 valence electrons. The standard InChI is InChI=1S/C18H24N4O3/c1-18(2)11-21(9-15(25-18)10-24-3)17(23)16-7-5-4-6-14(16)8-22-13-19-12-20-22/h4-7,12-13,15H,8-11H2,1-3H3. The van der Waals surface area contributed by atoms with E-state index >= 15 is 0 Å². The van der Waals surface area contributed by atoms with E-state index in [1.54, 1.807) is 18.1 Å². The van der Waals surface area contributed by atoms with Crippen LogP contribution < -0.4 is 0 Å². The zero-order valence-corrected chi connectivity index (χ0v) is 14.9. The number of amides is 1. The maximum Gasteiger partial charge on any atom is 0.254 e. The lowest BCUT2D eigenvalue weighted by Crippen LogP contribution is -2.55. The smallest absolute Gasteiger partial charge is 0.254 e. The molecule has 1 aliphatic rings. The van der Waals surface area contributed by atoms with E-state index in [-0.39, 0.29) is 12.0 Å². The van der Waals surface area contributed by atoms with Crippen molar-refractivity contribution >= 4 is 5.91 Å². The molecule has 3 rings (SSSR count). The van der Waals surface area contributed by atoms with Crippen LogP contribution in [0.1, 0.15) is 29.8 Å². The molecule has 1 aliphatic heterocycles. The van der Waals surface area contributed by atoms with Gasteiger partial charge in [0.1, 0.15) is 12.7 Å². The molecule has 0 bridgehead atoms. The summed E-state index contributed by atoms with van der Waals surface area (Å²) < 4.78 is 12.9. The van der Waals surface area contributed by atoms with Crippen LogP contribution in [0.5, 0.6) is 0 Å². The van der Waals surface area contributed by atoms with Gasteiger partial charge in [-0.2, -0.15) is 5.10 Å². The van der Waals surface area contributed by atoms with E-state index in [0.29, 0.717) is 31.8 Å². The van der Waals surface area contributed by atoms with Gasteiger partial charge in [0.2, 0.25) is 0 Å². The van der Waals surface area contributed by atoms with E-state index in [1.165, 1.54) is 6.33 Å². The van der Waals surface area contributed by atoms with Crippen LogP contribution in [-0.2, 0) is 16.0 Å². The number of carbonyl (C=O) groups excluding carboxylic acids is 1. The van der Waals surface area contributed by atoms with Crippen LogP contribution in [-0.4, -0.2) is 64.1 Å². The van der Waals surface area contributed by atoms with Gasteiger partial charge in [-0.15, -0.1) is 0 Å². The first kappa shape index (κ1) is 17.6. The maximum atomic E-state index is 13.2. The lowest BCUT2D eigenvalue weighted by molar-refractivity contribution is -0.143. The highest BCUT2D eigenvalue weighted by molar-refractivity contribution is 5.95. The number of benzene rings is 1. The summed E-state index contributed by atoms with van der Waals surface area (Å²) in [6, 6.07) is 7.63. The van der Waals surface area contributed by atoms with E-state index in [2.05, 4.69) is 10.1 Å². The number of rotatable bonds is 5. The molecule has 0 aliphatic carbocycles. The highest BCUT2D eigenvalue weighted by Crippen LogP contribution is 2.24. The van der Waals surface area contributed by atoms with Gasteiger partial charge in [-0.05, 0) is 25.5 Å². The summed E-state index contributed by atoms with van der Waals surface area (Å²) in [6.07, 6.45) is 3.01. The zero-order chi connectivity index (χ0) is 17.9. The third-order valence-corrected chi connectivity index (χ3v) is 4.17. The number of morpholine rings is 1.